The van der Waals surface area contributed by atoms with Crippen LogP contribution in [0.25, 0.3) is 11.1 Å². The highest BCUT2D eigenvalue weighted by Crippen LogP contribution is 2.39. The Morgan fingerprint density at radius 2 is 1.89 bits per heavy atom. The minimum Gasteiger partial charge on any atom is -0.493 e. The average molecular weight is 514 g/mol. The molecule has 6 nitrogen and oxygen atoms in total. The molecule has 1 aromatic heterocycles. The van der Waals surface area contributed by atoms with Crippen molar-refractivity contribution in [3.05, 3.63) is 71.8 Å². The number of benzene rings is 2. The number of ether oxygens (including phenoxy) is 1. The quantitative estimate of drug-likeness (QED) is 0.305. The molecule has 2 atom stereocenters. The van der Waals surface area contributed by atoms with E-state index in [2.05, 4.69) is 45.8 Å². The second kappa shape index (κ2) is 11.0. The number of halogens is 1. The van der Waals surface area contributed by atoms with Gasteiger partial charge in [-0.25, -0.2) is 4.98 Å². The van der Waals surface area contributed by atoms with Crippen LogP contribution in [0.15, 0.2) is 61.1 Å². The first kappa shape index (κ1) is 27.0. The molecule has 0 fully saturated rings. The third kappa shape index (κ3) is 6.75. The SMILES string of the molecule is C[C@H](O[Si](C)(C)C(C)(C)C)[C@@H](CCOc1cccc(-c2ccccc2Cl)c1)n1cnc(C(N)=O)c1. The van der Waals surface area contributed by atoms with Crippen LogP contribution in [0.5, 0.6) is 5.75 Å². The van der Waals surface area contributed by atoms with Gasteiger partial charge >= 0.3 is 0 Å². The first-order valence-electron chi connectivity index (χ1n) is 11.9. The minimum atomic E-state index is -2.01. The van der Waals surface area contributed by atoms with E-state index < -0.39 is 14.2 Å². The van der Waals surface area contributed by atoms with Gasteiger partial charge in [0.05, 0.1) is 25.1 Å². The summed E-state index contributed by atoms with van der Waals surface area (Å²) in [5, 5.41) is 0.779. The first-order valence-corrected chi connectivity index (χ1v) is 15.2. The first-order chi connectivity index (χ1) is 16.4. The molecule has 0 aliphatic rings. The van der Waals surface area contributed by atoms with Gasteiger partial charge < -0.3 is 19.5 Å². The van der Waals surface area contributed by atoms with Crippen molar-refractivity contribution >= 4 is 25.8 Å². The number of primary amides is 1. The van der Waals surface area contributed by atoms with E-state index >= 15 is 0 Å². The number of hydrogen-bond donors (Lipinski definition) is 1. The van der Waals surface area contributed by atoms with Crippen LogP contribution in [-0.2, 0) is 4.43 Å². The molecule has 1 heterocycles. The normalized spacial score (nSPS) is 13.9. The lowest BCUT2D eigenvalue weighted by atomic mass is 10.1. The van der Waals surface area contributed by atoms with Crippen molar-refractivity contribution < 1.29 is 14.0 Å². The van der Waals surface area contributed by atoms with Gasteiger partial charge in [-0.15, -0.1) is 0 Å². The molecule has 3 aromatic rings. The van der Waals surface area contributed by atoms with E-state index in [1.54, 1.807) is 12.5 Å². The minimum absolute atomic E-state index is 0.0727. The van der Waals surface area contributed by atoms with Crippen molar-refractivity contribution in [1.29, 1.82) is 0 Å². The highest BCUT2D eigenvalue weighted by molar-refractivity contribution is 6.74. The number of carbonyl (C=O) groups excluding carboxylic acids is 1. The summed E-state index contributed by atoms with van der Waals surface area (Å²) >= 11 is 6.38. The van der Waals surface area contributed by atoms with Crippen molar-refractivity contribution in [3.8, 4) is 16.9 Å². The van der Waals surface area contributed by atoms with Gasteiger partial charge in [-0.1, -0.05) is 62.7 Å². The van der Waals surface area contributed by atoms with E-state index in [1.807, 2.05) is 53.1 Å². The van der Waals surface area contributed by atoms with E-state index in [0.29, 0.717) is 18.1 Å². The van der Waals surface area contributed by atoms with Gasteiger partial charge in [-0.2, -0.15) is 0 Å². The van der Waals surface area contributed by atoms with E-state index in [0.717, 1.165) is 16.9 Å². The summed E-state index contributed by atoms with van der Waals surface area (Å²) < 4.78 is 14.8. The van der Waals surface area contributed by atoms with Crippen molar-refractivity contribution in [2.75, 3.05) is 6.61 Å². The third-order valence-electron chi connectivity index (χ3n) is 6.77. The highest BCUT2D eigenvalue weighted by Gasteiger charge is 2.40. The molecule has 1 amide bonds. The summed E-state index contributed by atoms with van der Waals surface area (Å²) in [6.07, 6.45) is 3.90. The summed E-state index contributed by atoms with van der Waals surface area (Å²) in [4.78, 5) is 15.8. The fraction of sp³-hybridized carbons (Fsp3) is 0.407. The second-order valence-electron chi connectivity index (χ2n) is 10.4. The highest BCUT2D eigenvalue weighted by atomic mass is 35.5. The summed E-state index contributed by atoms with van der Waals surface area (Å²) in [6, 6.07) is 15.6. The molecule has 0 saturated heterocycles. The van der Waals surface area contributed by atoms with Gasteiger partial charge in [-0.05, 0) is 48.8 Å². The van der Waals surface area contributed by atoms with Crippen LogP contribution in [0.4, 0.5) is 0 Å². The molecule has 188 valence electrons. The second-order valence-corrected chi connectivity index (χ2v) is 15.5. The molecule has 0 aliphatic carbocycles. The summed E-state index contributed by atoms with van der Waals surface area (Å²) in [5.41, 5.74) is 7.64. The molecule has 2 aromatic carbocycles. The predicted molar refractivity (Wildman–Crippen MR) is 145 cm³/mol. The number of aromatic nitrogens is 2. The van der Waals surface area contributed by atoms with E-state index in [9.17, 15) is 4.79 Å². The third-order valence-corrected chi connectivity index (χ3v) is 11.7. The van der Waals surface area contributed by atoms with Gasteiger partial charge in [0.15, 0.2) is 8.32 Å². The largest absolute Gasteiger partial charge is 0.493 e. The fourth-order valence-corrected chi connectivity index (χ4v) is 5.42. The maximum absolute atomic E-state index is 11.6. The van der Waals surface area contributed by atoms with Gasteiger partial charge in [0.1, 0.15) is 11.4 Å². The number of nitrogens with two attached hydrogens (primary N) is 1. The molecule has 35 heavy (non-hydrogen) atoms. The van der Waals surface area contributed by atoms with Crippen LogP contribution in [-0.4, -0.2) is 36.5 Å². The Labute approximate surface area is 214 Å². The van der Waals surface area contributed by atoms with Crippen LogP contribution in [0.1, 0.15) is 50.6 Å². The zero-order valence-corrected chi connectivity index (χ0v) is 23.2. The molecule has 0 radical (unpaired) electrons. The number of amides is 1. The molecule has 0 spiro atoms. The van der Waals surface area contributed by atoms with Gasteiger partial charge in [0.25, 0.3) is 5.91 Å². The van der Waals surface area contributed by atoms with Crippen LogP contribution in [0, 0.1) is 0 Å². The van der Waals surface area contributed by atoms with Gasteiger partial charge in [-0.3, -0.25) is 4.79 Å². The zero-order valence-electron chi connectivity index (χ0n) is 21.4. The van der Waals surface area contributed by atoms with Crippen LogP contribution >= 0.6 is 11.6 Å². The topological polar surface area (TPSA) is 79.4 Å². The standard InChI is InChI=1S/C27H36ClN3O3Si/c1-19(34-35(5,6)27(2,3)4)25(31-17-24(26(29)32)30-18-31)14-15-33-21-11-9-10-20(16-21)22-12-7-8-13-23(22)28/h7-13,16-19,25H,14-15H2,1-6H3,(H2,29,32)/t19-,25+/m0/s1. The fourth-order valence-electron chi connectivity index (χ4n) is 3.74. The number of rotatable bonds is 10. The molecule has 8 heteroatoms. The van der Waals surface area contributed by atoms with E-state index in [4.69, 9.17) is 26.5 Å². The Balaban J connectivity index is 1.76. The average Bonchev–Trinajstić information content (AvgIpc) is 3.26. The lowest BCUT2D eigenvalue weighted by Crippen LogP contribution is -2.45. The number of hydrogen-bond acceptors (Lipinski definition) is 4. The van der Waals surface area contributed by atoms with Crippen molar-refractivity contribution in [2.24, 2.45) is 5.73 Å². The van der Waals surface area contributed by atoms with E-state index in [-0.39, 0.29) is 22.9 Å². The molecule has 0 saturated carbocycles. The Bertz CT molecular complexity index is 1160. The monoisotopic (exact) mass is 513 g/mol. The van der Waals surface area contributed by atoms with E-state index in [1.165, 1.54) is 0 Å². The summed E-state index contributed by atoms with van der Waals surface area (Å²) in [7, 11) is -2.01. The van der Waals surface area contributed by atoms with Gasteiger partial charge in [0.2, 0.25) is 0 Å². The Hall–Kier alpha value is -2.61. The molecule has 3 rings (SSSR count). The summed E-state index contributed by atoms with van der Waals surface area (Å²) in [6.45, 7) is 13.7. The lowest BCUT2D eigenvalue weighted by molar-refractivity contribution is 0.0994. The molecule has 2 N–H and O–H groups in total. The van der Waals surface area contributed by atoms with Crippen molar-refractivity contribution in [2.45, 2.75) is 64.4 Å². The maximum atomic E-state index is 11.6. The van der Waals surface area contributed by atoms with Crippen LogP contribution in [0.3, 0.4) is 0 Å². The maximum Gasteiger partial charge on any atom is 0.268 e. The Kier molecular flexibility index (Phi) is 8.46. The number of nitrogens with zero attached hydrogens (tertiary/aromatic N) is 2. The molecule has 0 unspecified atom stereocenters. The molecular formula is C27H36ClN3O3Si. The van der Waals surface area contributed by atoms with Crippen LogP contribution < -0.4 is 10.5 Å². The van der Waals surface area contributed by atoms with Gasteiger partial charge in [0, 0.05) is 23.2 Å². The Morgan fingerprint density at radius 1 is 1.17 bits per heavy atom. The number of imidazole rings is 1. The lowest BCUT2D eigenvalue weighted by Gasteiger charge is -2.40. The zero-order chi connectivity index (χ0) is 25.8. The van der Waals surface area contributed by atoms with Crippen LogP contribution in [0.2, 0.25) is 23.2 Å². The smallest absolute Gasteiger partial charge is 0.268 e. The number of carbonyl (C=O) groups is 1. The van der Waals surface area contributed by atoms with Crippen molar-refractivity contribution in [1.82, 2.24) is 9.55 Å². The van der Waals surface area contributed by atoms with Crippen molar-refractivity contribution in [3.63, 3.8) is 0 Å². The molecule has 0 aliphatic heterocycles. The summed E-state index contributed by atoms with van der Waals surface area (Å²) in [5.74, 6) is 0.218. The Morgan fingerprint density at radius 3 is 2.51 bits per heavy atom. The molecule has 0 bridgehead atoms. The predicted octanol–water partition coefficient (Wildman–Crippen LogP) is 6.72. The molecular weight excluding hydrogens is 478 g/mol.